The molecule has 0 radical (unpaired) electrons. The van der Waals surface area contributed by atoms with Crippen molar-refractivity contribution in [3.63, 3.8) is 0 Å². The fraction of sp³-hybridized carbons (Fsp3) is 0.630. The average Bonchev–Trinajstić information content (AvgIpc) is 3.28. The Bertz CT molecular complexity index is 1310. The first-order valence-corrected chi connectivity index (χ1v) is 17.9. The van der Waals surface area contributed by atoms with Crippen molar-refractivity contribution in [2.75, 3.05) is 25.0 Å². The molecule has 1 N–H and O–H groups in total. The van der Waals surface area contributed by atoms with Crippen LogP contribution in [0.25, 0.3) is 11.0 Å². The van der Waals surface area contributed by atoms with Gasteiger partial charge in [-0.1, -0.05) is 31.2 Å². The molecule has 0 aliphatic carbocycles. The molecule has 1 fully saturated rings. The number of likely N-dealkylation sites (tertiary alicyclic amines) is 1. The molecule has 1 aliphatic rings. The van der Waals surface area contributed by atoms with Gasteiger partial charge in [-0.05, 0) is 39.7 Å². The Balaban J connectivity index is 1.56. The highest BCUT2D eigenvalue weighted by Crippen LogP contribution is 2.35. The smallest absolute Gasteiger partial charge is 0.410 e. The molecule has 4 heterocycles. The lowest BCUT2D eigenvalue weighted by Crippen LogP contribution is -2.37. The van der Waals surface area contributed by atoms with E-state index in [1.165, 1.54) is 0 Å². The van der Waals surface area contributed by atoms with Crippen LogP contribution in [0.1, 0.15) is 40.0 Å². The van der Waals surface area contributed by atoms with Crippen molar-refractivity contribution in [1.82, 2.24) is 29.2 Å². The van der Waals surface area contributed by atoms with Gasteiger partial charge in [0.15, 0.2) is 5.65 Å². The molecule has 0 aromatic carbocycles. The Morgan fingerprint density at radius 3 is 2.62 bits per heavy atom. The van der Waals surface area contributed by atoms with E-state index in [4.69, 9.17) is 35.8 Å². The molecule has 1 aliphatic heterocycles. The van der Waals surface area contributed by atoms with Crippen LogP contribution in [-0.2, 0) is 23.3 Å². The predicted octanol–water partition coefficient (Wildman–Crippen LogP) is 6.04. The number of aryl methyl sites for hydroxylation is 1. The average molecular weight is 592 g/mol. The number of hydrogen-bond donors (Lipinski definition) is 1. The molecule has 1 saturated heterocycles. The Morgan fingerprint density at radius 2 is 1.95 bits per heavy atom. The third-order valence-corrected chi connectivity index (χ3v) is 8.42. The van der Waals surface area contributed by atoms with Gasteiger partial charge in [-0.25, -0.2) is 4.79 Å². The van der Waals surface area contributed by atoms with E-state index in [0.717, 1.165) is 24.6 Å². The SMILES string of the molecule is Cn1cc(Nc2nc(OC3CCCN(C(=O)OC(C)(C)C)CC3)c3c(Cl)cn(COCC[Si](C)(C)C)c3n2)cn1. The number of carbonyl (C=O) groups is 1. The van der Waals surface area contributed by atoms with E-state index in [1.807, 2.05) is 44.8 Å². The van der Waals surface area contributed by atoms with Gasteiger partial charge < -0.3 is 29.0 Å². The fourth-order valence-electron chi connectivity index (χ4n) is 4.35. The van der Waals surface area contributed by atoms with Crippen LogP contribution in [0.4, 0.5) is 16.4 Å². The Hall–Kier alpha value is -2.83. The second-order valence-corrected chi connectivity index (χ2v) is 18.5. The van der Waals surface area contributed by atoms with Crippen LogP contribution in [0.3, 0.4) is 0 Å². The largest absolute Gasteiger partial charge is 0.474 e. The number of ether oxygens (including phenoxy) is 3. The fourth-order valence-corrected chi connectivity index (χ4v) is 5.39. The van der Waals surface area contributed by atoms with Gasteiger partial charge in [0.1, 0.15) is 18.4 Å². The molecule has 0 spiro atoms. The zero-order chi connectivity index (χ0) is 29.1. The summed E-state index contributed by atoms with van der Waals surface area (Å²) < 4.78 is 21.7. The Morgan fingerprint density at radius 1 is 1.18 bits per heavy atom. The van der Waals surface area contributed by atoms with Crippen molar-refractivity contribution in [3.05, 3.63) is 23.6 Å². The summed E-state index contributed by atoms with van der Waals surface area (Å²) in [6, 6.07) is 1.07. The lowest BCUT2D eigenvalue weighted by atomic mass is 10.1. The molecule has 0 saturated carbocycles. The zero-order valence-electron chi connectivity index (χ0n) is 24.7. The van der Waals surface area contributed by atoms with Crippen LogP contribution < -0.4 is 10.1 Å². The second kappa shape index (κ2) is 12.4. The number of amides is 1. The number of anilines is 2. The van der Waals surface area contributed by atoms with Crippen LogP contribution in [0.2, 0.25) is 30.7 Å². The molecule has 13 heteroatoms. The number of rotatable bonds is 9. The van der Waals surface area contributed by atoms with Gasteiger partial charge in [-0.3, -0.25) is 4.68 Å². The van der Waals surface area contributed by atoms with Crippen molar-refractivity contribution < 1.29 is 19.0 Å². The first kappa shape index (κ1) is 30.1. The second-order valence-electron chi connectivity index (χ2n) is 12.5. The van der Waals surface area contributed by atoms with Crippen LogP contribution in [0, 0.1) is 0 Å². The van der Waals surface area contributed by atoms with Gasteiger partial charge in [0.25, 0.3) is 0 Å². The Kier molecular flexibility index (Phi) is 9.31. The molecule has 1 amide bonds. The monoisotopic (exact) mass is 591 g/mol. The molecular weight excluding hydrogens is 550 g/mol. The molecular formula is C27H42ClN7O4Si. The zero-order valence-corrected chi connectivity index (χ0v) is 26.4. The molecule has 0 bridgehead atoms. The van der Waals surface area contributed by atoms with Gasteiger partial charge in [-0.15, -0.1) is 0 Å². The first-order valence-electron chi connectivity index (χ1n) is 13.8. The molecule has 1 atom stereocenters. The molecule has 4 rings (SSSR count). The van der Waals surface area contributed by atoms with Crippen molar-refractivity contribution in [2.24, 2.45) is 7.05 Å². The van der Waals surface area contributed by atoms with Crippen molar-refractivity contribution in [2.45, 2.75) is 84.2 Å². The van der Waals surface area contributed by atoms with Gasteiger partial charge >= 0.3 is 6.09 Å². The summed E-state index contributed by atoms with van der Waals surface area (Å²) in [5.74, 6) is 0.774. The number of nitrogens with zero attached hydrogens (tertiary/aromatic N) is 6. The van der Waals surface area contributed by atoms with Gasteiger partial charge in [0, 0.05) is 53.6 Å². The normalized spacial score (nSPS) is 16.7. The molecule has 3 aromatic rings. The van der Waals surface area contributed by atoms with Crippen LogP contribution in [0.5, 0.6) is 5.88 Å². The summed E-state index contributed by atoms with van der Waals surface area (Å²) >= 11 is 6.73. The van der Waals surface area contributed by atoms with Gasteiger partial charge in [0.05, 0.1) is 22.3 Å². The minimum Gasteiger partial charge on any atom is -0.474 e. The quantitative estimate of drug-likeness (QED) is 0.237. The van der Waals surface area contributed by atoms with E-state index >= 15 is 0 Å². The third kappa shape index (κ3) is 8.34. The molecule has 11 nitrogen and oxygen atoms in total. The van der Waals surface area contributed by atoms with E-state index in [-0.39, 0.29) is 12.2 Å². The summed E-state index contributed by atoms with van der Waals surface area (Å²) in [5.41, 5.74) is 0.843. The van der Waals surface area contributed by atoms with E-state index < -0.39 is 13.7 Å². The molecule has 1 unspecified atom stereocenters. The van der Waals surface area contributed by atoms with E-state index in [2.05, 4.69) is 30.1 Å². The molecule has 220 valence electrons. The van der Waals surface area contributed by atoms with E-state index in [9.17, 15) is 4.79 Å². The highest BCUT2D eigenvalue weighted by atomic mass is 35.5. The summed E-state index contributed by atoms with van der Waals surface area (Å²) in [7, 11) is 0.634. The number of aromatic nitrogens is 5. The topological polar surface area (TPSA) is 109 Å². The van der Waals surface area contributed by atoms with Crippen LogP contribution in [0.15, 0.2) is 18.6 Å². The highest BCUT2D eigenvalue weighted by Gasteiger charge is 2.27. The predicted molar refractivity (Wildman–Crippen MR) is 159 cm³/mol. The number of carbonyl (C=O) groups excluding carboxylic acids is 1. The standard InChI is InChI=1S/C27H42ClN7O4Si/c1-27(2,3)39-26(36)34-11-8-9-20(10-12-34)38-24-22-21(28)17-35(18-37-13-14-40(5,6)7)23(22)31-25(32-24)30-19-15-29-33(4)16-19/h15-17,20H,8-14,18H2,1-7H3,(H,30,31,32). The number of fused-ring (bicyclic) bond motifs is 1. The summed E-state index contributed by atoms with van der Waals surface area (Å²) in [5, 5.41) is 8.58. The molecule has 40 heavy (non-hydrogen) atoms. The first-order chi connectivity index (χ1) is 18.8. The summed E-state index contributed by atoms with van der Waals surface area (Å²) in [6.45, 7) is 14.8. The number of halogens is 1. The maximum absolute atomic E-state index is 12.6. The number of nitrogens with one attached hydrogen (secondary N) is 1. The van der Waals surface area contributed by atoms with E-state index in [1.54, 1.807) is 15.8 Å². The summed E-state index contributed by atoms with van der Waals surface area (Å²) in [6.07, 6.45) is 7.12. The minimum atomic E-state index is -1.21. The Labute approximate surface area is 242 Å². The maximum atomic E-state index is 12.6. The lowest BCUT2D eigenvalue weighted by Gasteiger charge is -2.26. The van der Waals surface area contributed by atoms with Crippen LogP contribution >= 0.6 is 11.6 Å². The van der Waals surface area contributed by atoms with Crippen molar-refractivity contribution in [1.29, 1.82) is 0 Å². The van der Waals surface area contributed by atoms with Crippen LogP contribution in [-0.4, -0.2) is 74.8 Å². The summed E-state index contributed by atoms with van der Waals surface area (Å²) in [4.78, 5) is 23.9. The van der Waals surface area contributed by atoms with Gasteiger partial charge in [0.2, 0.25) is 11.8 Å². The molecule has 3 aromatic heterocycles. The maximum Gasteiger partial charge on any atom is 0.410 e. The van der Waals surface area contributed by atoms with E-state index in [0.29, 0.717) is 60.7 Å². The van der Waals surface area contributed by atoms with Crippen molar-refractivity contribution >= 4 is 48.4 Å². The lowest BCUT2D eigenvalue weighted by molar-refractivity contribution is 0.0252. The van der Waals surface area contributed by atoms with Gasteiger partial charge in [-0.2, -0.15) is 15.1 Å². The third-order valence-electron chi connectivity index (χ3n) is 6.43. The number of hydrogen-bond acceptors (Lipinski definition) is 8. The van der Waals surface area contributed by atoms with Crippen molar-refractivity contribution in [3.8, 4) is 5.88 Å². The highest BCUT2D eigenvalue weighted by molar-refractivity contribution is 6.76. The minimum absolute atomic E-state index is 0.149.